The number of urea groups is 1. The number of nitrogens with zero attached hydrogens (tertiary/aromatic N) is 1. The summed E-state index contributed by atoms with van der Waals surface area (Å²) in [5, 5.41) is 2.21. The maximum atomic E-state index is 12.9. The van der Waals surface area contributed by atoms with E-state index >= 15 is 0 Å². The van der Waals surface area contributed by atoms with Crippen LogP contribution in [0.1, 0.15) is 25.0 Å². The average molecular weight is 394 g/mol. The van der Waals surface area contributed by atoms with Crippen LogP contribution in [0.2, 0.25) is 0 Å². The van der Waals surface area contributed by atoms with Crippen molar-refractivity contribution in [1.29, 1.82) is 0 Å². The Hall–Kier alpha value is -3.61. The standard InChI is InChI=1S/C22H22N2O5/c1-13(2)29-18-10-7-15(12-19(18)28-4)11-17-20(25)23-22(27)24(21(17)26)16-8-5-14(3)6-9-16/h5-13H,1-4H3,(H,23,25,27)/b17-11-. The molecule has 0 radical (unpaired) electrons. The minimum absolute atomic E-state index is 0.0344. The van der Waals surface area contributed by atoms with Crippen molar-refractivity contribution in [1.82, 2.24) is 5.32 Å². The molecule has 1 aliphatic heterocycles. The Morgan fingerprint density at radius 1 is 1.00 bits per heavy atom. The molecule has 0 aliphatic carbocycles. The largest absolute Gasteiger partial charge is 0.493 e. The number of carbonyl (C=O) groups is 3. The number of amides is 4. The normalized spacial score (nSPS) is 15.7. The van der Waals surface area contributed by atoms with Crippen molar-refractivity contribution in [3.05, 3.63) is 59.2 Å². The molecule has 7 nitrogen and oxygen atoms in total. The van der Waals surface area contributed by atoms with Gasteiger partial charge >= 0.3 is 6.03 Å². The van der Waals surface area contributed by atoms with E-state index in [2.05, 4.69) is 5.32 Å². The maximum Gasteiger partial charge on any atom is 0.335 e. The second-order valence-corrected chi connectivity index (χ2v) is 6.87. The lowest BCUT2D eigenvalue weighted by Gasteiger charge is -2.26. The molecule has 3 rings (SSSR count). The first kappa shape index (κ1) is 20.1. The molecule has 1 aliphatic rings. The Bertz CT molecular complexity index is 993. The van der Waals surface area contributed by atoms with Crippen molar-refractivity contribution in [2.24, 2.45) is 0 Å². The van der Waals surface area contributed by atoms with Crippen molar-refractivity contribution in [3.63, 3.8) is 0 Å². The molecule has 29 heavy (non-hydrogen) atoms. The number of barbiturate groups is 1. The molecule has 0 saturated carbocycles. The van der Waals surface area contributed by atoms with E-state index in [0.717, 1.165) is 10.5 Å². The fourth-order valence-electron chi connectivity index (χ4n) is 2.88. The van der Waals surface area contributed by atoms with Crippen LogP contribution in [-0.4, -0.2) is 31.1 Å². The number of methoxy groups -OCH3 is 1. The van der Waals surface area contributed by atoms with Gasteiger partial charge in [0.25, 0.3) is 11.8 Å². The molecule has 0 spiro atoms. The van der Waals surface area contributed by atoms with Gasteiger partial charge in [-0.1, -0.05) is 23.8 Å². The SMILES string of the molecule is COc1cc(/C=C2/C(=O)NC(=O)N(c3ccc(C)cc3)C2=O)ccc1OC(C)C. The average Bonchev–Trinajstić information content (AvgIpc) is 2.67. The van der Waals surface area contributed by atoms with E-state index in [1.165, 1.54) is 13.2 Å². The summed E-state index contributed by atoms with van der Waals surface area (Å²) in [6, 6.07) is 11.2. The number of aryl methyl sites for hydroxylation is 1. The summed E-state index contributed by atoms with van der Waals surface area (Å²) >= 11 is 0. The quantitative estimate of drug-likeness (QED) is 0.620. The summed E-state index contributed by atoms with van der Waals surface area (Å²) in [6.07, 6.45) is 1.39. The second kappa shape index (κ2) is 8.18. The lowest BCUT2D eigenvalue weighted by Crippen LogP contribution is -2.54. The molecule has 150 valence electrons. The van der Waals surface area contributed by atoms with Gasteiger partial charge in [0.15, 0.2) is 11.5 Å². The van der Waals surface area contributed by atoms with Crippen LogP contribution in [0.5, 0.6) is 11.5 Å². The summed E-state index contributed by atoms with van der Waals surface area (Å²) in [6.45, 7) is 5.70. The van der Waals surface area contributed by atoms with Crippen LogP contribution in [0.15, 0.2) is 48.0 Å². The highest BCUT2D eigenvalue weighted by Gasteiger charge is 2.36. The molecule has 1 N–H and O–H groups in total. The van der Waals surface area contributed by atoms with Crippen molar-refractivity contribution in [3.8, 4) is 11.5 Å². The highest BCUT2D eigenvalue weighted by molar-refractivity contribution is 6.39. The number of hydrogen-bond donors (Lipinski definition) is 1. The van der Waals surface area contributed by atoms with Gasteiger partial charge in [-0.25, -0.2) is 9.69 Å². The van der Waals surface area contributed by atoms with Crippen molar-refractivity contribution in [2.75, 3.05) is 12.0 Å². The molecule has 4 amide bonds. The van der Waals surface area contributed by atoms with Gasteiger partial charge < -0.3 is 9.47 Å². The number of anilines is 1. The monoisotopic (exact) mass is 394 g/mol. The van der Waals surface area contributed by atoms with E-state index in [9.17, 15) is 14.4 Å². The Labute approximate surface area is 168 Å². The predicted octanol–water partition coefficient (Wildman–Crippen LogP) is 3.46. The Kier molecular flexibility index (Phi) is 5.68. The van der Waals surface area contributed by atoms with Crippen LogP contribution >= 0.6 is 0 Å². The van der Waals surface area contributed by atoms with E-state index in [-0.39, 0.29) is 11.7 Å². The summed E-state index contributed by atoms with van der Waals surface area (Å²) in [5.41, 5.74) is 1.79. The molecule has 1 saturated heterocycles. The summed E-state index contributed by atoms with van der Waals surface area (Å²) in [5.74, 6) is -0.405. The van der Waals surface area contributed by atoms with Crippen LogP contribution in [-0.2, 0) is 9.59 Å². The predicted molar refractivity (Wildman–Crippen MR) is 109 cm³/mol. The van der Waals surface area contributed by atoms with Gasteiger partial charge in [0.2, 0.25) is 0 Å². The summed E-state index contributed by atoms with van der Waals surface area (Å²) < 4.78 is 11.0. The number of hydrogen-bond acceptors (Lipinski definition) is 5. The van der Waals surface area contributed by atoms with Crippen molar-refractivity contribution >= 4 is 29.6 Å². The van der Waals surface area contributed by atoms with Crippen LogP contribution in [0.3, 0.4) is 0 Å². The van der Waals surface area contributed by atoms with E-state index in [1.54, 1.807) is 42.5 Å². The van der Waals surface area contributed by atoms with E-state index in [4.69, 9.17) is 9.47 Å². The van der Waals surface area contributed by atoms with E-state index in [0.29, 0.717) is 22.7 Å². The van der Waals surface area contributed by atoms with Gasteiger partial charge in [0, 0.05) is 0 Å². The van der Waals surface area contributed by atoms with Gasteiger partial charge in [0.1, 0.15) is 5.57 Å². The number of rotatable bonds is 5. The number of nitrogens with one attached hydrogen (secondary N) is 1. The molecule has 2 aromatic rings. The minimum atomic E-state index is -0.778. The van der Waals surface area contributed by atoms with E-state index < -0.39 is 17.8 Å². The van der Waals surface area contributed by atoms with Gasteiger partial charge in [0.05, 0.1) is 18.9 Å². The first-order chi connectivity index (χ1) is 13.8. The zero-order valence-electron chi connectivity index (χ0n) is 16.7. The third-order valence-electron chi connectivity index (χ3n) is 4.26. The van der Waals surface area contributed by atoms with Gasteiger partial charge in [-0.05, 0) is 56.7 Å². The van der Waals surface area contributed by atoms with Gasteiger partial charge in [-0.3, -0.25) is 14.9 Å². The van der Waals surface area contributed by atoms with Crippen LogP contribution in [0, 0.1) is 6.92 Å². The molecule has 2 aromatic carbocycles. The molecule has 0 bridgehead atoms. The topological polar surface area (TPSA) is 84.9 Å². The van der Waals surface area contributed by atoms with Crippen LogP contribution < -0.4 is 19.7 Å². The van der Waals surface area contributed by atoms with Gasteiger partial charge in [-0.15, -0.1) is 0 Å². The molecule has 7 heteroatoms. The molecule has 0 atom stereocenters. The molecule has 0 unspecified atom stereocenters. The maximum absolute atomic E-state index is 12.9. The number of imide groups is 2. The number of benzene rings is 2. The second-order valence-electron chi connectivity index (χ2n) is 6.87. The number of carbonyl (C=O) groups excluding carboxylic acids is 3. The third kappa shape index (κ3) is 4.29. The molecular formula is C22H22N2O5. The minimum Gasteiger partial charge on any atom is -0.493 e. The highest BCUT2D eigenvalue weighted by atomic mass is 16.5. The Morgan fingerprint density at radius 2 is 1.69 bits per heavy atom. The lowest BCUT2D eigenvalue weighted by atomic mass is 10.1. The third-order valence-corrected chi connectivity index (χ3v) is 4.26. The Balaban J connectivity index is 1.97. The molecular weight excluding hydrogens is 372 g/mol. The first-order valence-electron chi connectivity index (χ1n) is 9.13. The van der Waals surface area contributed by atoms with E-state index in [1.807, 2.05) is 20.8 Å². The summed E-state index contributed by atoms with van der Waals surface area (Å²) in [4.78, 5) is 38.4. The van der Waals surface area contributed by atoms with Crippen molar-refractivity contribution in [2.45, 2.75) is 26.9 Å². The zero-order chi connectivity index (χ0) is 21.1. The smallest absolute Gasteiger partial charge is 0.335 e. The summed E-state index contributed by atoms with van der Waals surface area (Å²) in [7, 11) is 1.51. The molecule has 1 heterocycles. The van der Waals surface area contributed by atoms with Gasteiger partial charge in [-0.2, -0.15) is 0 Å². The van der Waals surface area contributed by atoms with Crippen molar-refractivity contribution < 1.29 is 23.9 Å². The first-order valence-corrected chi connectivity index (χ1v) is 9.13. The van der Waals surface area contributed by atoms with Crippen LogP contribution in [0.4, 0.5) is 10.5 Å². The Morgan fingerprint density at radius 3 is 2.31 bits per heavy atom. The molecule has 0 aromatic heterocycles. The molecule has 1 fully saturated rings. The lowest BCUT2D eigenvalue weighted by molar-refractivity contribution is -0.122. The number of ether oxygens (including phenoxy) is 2. The zero-order valence-corrected chi connectivity index (χ0v) is 16.7. The highest BCUT2D eigenvalue weighted by Crippen LogP contribution is 2.30. The van der Waals surface area contributed by atoms with Crippen LogP contribution in [0.25, 0.3) is 6.08 Å². The fourth-order valence-corrected chi connectivity index (χ4v) is 2.88. The fraction of sp³-hybridized carbons (Fsp3) is 0.227.